The molecule has 0 fully saturated rings. The van der Waals surface area contributed by atoms with E-state index in [1.54, 1.807) is 0 Å². The van der Waals surface area contributed by atoms with Gasteiger partial charge in [-0.2, -0.15) is 0 Å². The van der Waals surface area contributed by atoms with Crippen molar-refractivity contribution >= 4 is 60.3 Å². The molecule has 0 bridgehead atoms. The first-order valence-corrected chi connectivity index (χ1v) is 18.1. The molecule has 52 heavy (non-hydrogen) atoms. The normalized spacial score (nSPS) is 12.5. The van der Waals surface area contributed by atoms with Crippen LogP contribution in [0.3, 0.4) is 0 Å². The van der Waals surface area contributed by atoms with Crippen LogP contribution >= 0.6 is 0 Å². The summed E-state index contributed by atoms with van der Waals surface area (Å²) in [7, 11) is 0. The van der Waals surface area contributed by atoms with Gasteiger partial charge in [0.05, 0.1) is 0 Å². The van der Waals surface area contributed by atoms with Gasteiger partial charge in [0.25, 0.3) is 0 Å². The summed E-state index contributed by atoms with van der Waals surface area (Å²) in [6.07, 6.45) is 5.65. The third-order valence-electron chi connectivity index (χ3n) is 11.1. The van der Waals surface area contributed by atoms with Gasteiger partial charge in [-0.25, -0.2) is 0 Å². The summed E-state index contributed by atoms with van der Waals surface area (Å²) in [5.74, 6) is 0. The van der Waals surface area contributed by atoms with Crippen molar-refractivity contribution in [3.8, 4) is 44.5 Å². The lowest BCUT2D eigenvalue weighted by molar-refractivity contribution is 0.669. The number of para-hydroxylation sites is 1. The Bertz CT molecular complexity index is 3010. The molecular weight excluding hydrogens is 629 g/mol. The van der Waals surface area contributed by atoms with Crippen molar-refractivity contribution in [3.05, 3.63) is 187 Å². The smallest absolute Gasteiger partial charge is 0.135 e. The predicted molar refractivity (Wildman–Crippen MR) is 221 cm³/mol. The maximum absolute atomic E-state index is 6.27. The van der Waals surface area contributed by atoms with Crippen LogP contribution in [0.1, 0.15) is 11.1 Å². The predicted octanol–water partition coefficient (Wildman–Crippen LogP) is 14.3. The van der Waals surface area contributed by atoms with E-state index in [0.29, 0.717) is 0 Å². The summed E-state index contributed by atoms with van der Waals surface area (Å²) < 4.78 is 6.27. The molecule has 1 aromatic heterocycles. The highest BCUT2D eigenvalue weighted by molar-refractivity contribution is 6.27. The van der Waals surface area contributed by atoms with Crippen molar-refractivity contribution in [2.45, 2.75) is 6.42 Å². The van der Waals surface area contributed by atoms with E-state index in [-0.39, 0.29) is 0 Å². The minimum atomic E-state index is 0.910. The number of allylic oxidation sites excluding steroid dienone is 1. The Balaban J connectivity index is 1.35. The third kappa shape index (κ3) is 4.23. The van der Waals surface area contributed by atoms with E-state index < -0.39 is 0 Å². The molecule has 0 saturated heterocycles. The molecule has 0 atom stereocenters. The Kier molecular flexibility index (Phi) is 6.38. The van der Waals surface area contributed by atoms with Crippen molar-refractivity contribution < 1.29 is 4.42 Å². The van der Waals surface area contributed by atoms with Crippen molar-refractivity contribution in [2.24, 2.45) is 0 Å². The highest BCUT2D eigenvalue weighted by Gasteiger charge is 2.27. The van der Waals surface area contributed by atoms with E-state index in [4.69, 9.17) is 4.42 Å². The molecule has 0 N–H and O–H groups in total. The summed E-state index contributed by atoms with van der Waals surface area (Å²) in [5.41, 5.74) is 14.5. The van der Waals surface area contributed by atoms with Gasteiger partial charge in [-0.3, -0.25) is 0 Å². The Morgan fingerprint density at radius 1 is 0.346 bits per heavy atom. The highest BCUT2D eigenvalue weighted by Crippen LogP contribution is 2.54. The van der Waals surface area contributed by atoms with E-state index in [2.05, 4.69) is 176 Å². The summed E-state index contributed by atoms with van der Waals surface area (Å²) in [5, 5.41) is 9.89. The molecule has 0 radical (unpaired) electrons. The van der Waals surface area contributed by atoms with Gasteiger partial charge in [0, 0.05) is 10.8 Å². The van der Waals surface area contributed by atoms with Gasteiger partial charge in [0.2, 0.25) is 0 Å². The quantitative estimate of drug-likeness (QED) is 0.171. The van der Waals surface area contributed by atoms with E-state index in [9.17, 15) is 0 Å². The molecule has 9 aromatic carbocycles. The zero-order chi connectivity index (χ0) is 34.2. The monoisotopic (exact) mass is 660 g/mol. The van der Waals surface area contributed by atoms with Crippen LogP contribution < -0.4 is 0 Å². The van der Waals surface area contributed by atoms with Crippen LogP contribution in [-0.4, -0.2) is 0 Å². The van der Waals surface area contributed by atoms with Crippen molar-refractivity contribution in [1.29, 1.82) is 0 Å². The molecule has 1 aliphatic carbocycles. The van der Waals surface area contributed by atoms with Gasteiger partial charge in [0.1, 0.15) is 11.2 Å². The van der Waals surface area contributed by atoms with Gasteiger partial charge in [-0.1, -0.05) is 164 Å². The van der Waals surface area contributed by atoms with Crippen molar-refractivity contribution in [1.82, 2.24) is 0 Å². The number of fused-ring (bicyclic) bond motifs is 5. The first kappa shape index (κ1) is 29.1. The number of hydrogen-bond donors (Lipinski definition) is 0. The van der Waals surface area contributed by atoms with E-state index in [1.165, 1.54) is 88.0 Å². The van der Waals surface area contributed by atoms with E-state index in [1.807, 2.05) is 6.07 Å². The number of furan rings is 1. The minimum absolute atomic E-state index is 0.910. The molecule has 1 aliphatic rings. The lowest BCUT2D eigenvalue weighted by atomic mass is 9.75. The number of rotatable bonds is 4. The first-order chi connectivity index (χ1) is 25.8. The Morgan fingerprint density at radius 3 is 1.60 bits per heavy atom. The summed E-state index contributed by atoms with van der Waals surface area (Å²) in [6, 6.07) is 62.0. The largest absolute Gasteiger partial charge is 0.456 e. The molecule has 1 heterocycles. The maximum Gasteiger partial charge on any atom is 0.135 e. The van der Waals surface area contributed by atoms with Crippen LogP contribution in [0.4, 0.5) is 0 Å². The second-order valence-corrected chi connectivity index (χ2v) is 13.9. The average molecular weight is 661 g/mol. The maximum atomic E-state index is 6.27. The Labute approximate surface area is 301 Å². The second-order valence-electron chi connectivity index (χ2n) is 13.9. The van der Waals surface area contributed by atoms with Gasteiger partial charge >= 0.3 is 0 Å². The van der Waals surface area contributed by atoms with Crippen LogP contribution in [0.5, 0.6) is 0 Å². The van der Waals surface area contributed by atoms with Crippen LogP contribution in [0.2, 0.25) is 0 Å². The molecule has 242 valence electrons. The standard InChI is InChI=1S/C51H32O/c1-3-15-33(16-4-1)48-41-26-13-19-32-20-14-27-42(46(32)41)49(34-17-5-2-6-18-34)51(48)50-39-24-9-7-22-37(39)47(38-23-8-10-25-40(38)50)35-29-30-45-43(31-35)36-21-11-12-28-44(36)52-45/h1-19,21-31H,20H2. The van der Waals surface area contributed by atoms with Gasteiger partial charge < -0.3 is 4.42 Å². The molecule has 0 amide bonds. The zero-order valence-corrected chi connectivity index (χ0v) is 28.4. The van der Waals surface area contributed by atoms with E-state index in [0.717, 1.165) is 28.4 Å². The SMILES string of the molecule is C1=Cc2c(-c3ccccc3)c(-c3c4ccccc4c(-c4ccc5oc6ccccc6c5c4)c4ccccc34)c(-c3ccccc3)c3cccc(c23)C1. The van der Waals surface area contributed by atoms with Crippen molar-refractivity contribution in [3.63, 3.8) is 0 Å². The summed E-state index contributed by atoms with van der Waals surface area (Å²) in [4.78, 5) is 0. The zero-order valence-electron chi connectivity index (χ0n) is 28.4. The molecule has 0 unspecified atom stereocenters. The lowest BCUT2D eigenvalue weighted by Gasteiger charge is -2.27. The summed E-state index contributed by atoms with van der Waals surface area (Å²) >= 11 is 0. The van der Waals surface area contributed by atoms with Crippen LogP contribution in [0.25, 0.3) is 105 Å². The van der Waals surface area contributed by atoms with E-state index >= 15 is 0 Å². The fourth-order valence-electron chi connectivity index (χ4n) is 8.94. The molecule has 0 saturated carbocycles. The van der Waals surface area contributed by atoms with Crippen LogP contribution in [0.15, 0.2) is 180 Å². The van der Waals surface area contributed by atoms with Gasteiger partial charge in [-0.15, -0.1) is 0 Å². The van der Waals surface area contributed by atoms with Gasteiger partial charge in [0.15, 0.2) is 0 Å². The topological polar surface area (TPSA) is 13.1 Å². The minimum Gasteiger partial charge on any atom is -0.456 e. The molecule has 10 aromatic rings. The molecule has 1 heteroatoms. The molecule has 11 rings (SSSR count). The molecule has 0 aliphatic heterocycles. The Hall–Kier alpha value is -6.70. The highest BCUT2D eigenvalue weighted by atomic mass is 16.3. The average Bonchev–Trinajstić information content (AvgIpc) is 3.59. The number of hydrogen-bond acceptors (Lipinski definition) is 1. The third-order valence-corrected chi connectivity index (χ3v) is 11.1. The molecule has 1 nitrogen and oxygen atoms in total. The number of benzene rings is 9. The summed E-state index contributed by atoms with van der Waals surface area (Å²) in [6.45, 7) is 0. The van der Waals surface area contributed by atoms with Crippen LogP contribution in [0, 0.1) is 0 Å². The van der Waals surface area contributed by atoms with Gasteiger partial charge in [-0.05, 0) is 113 Å². The molecular formula is C51H32O. The van der Waals surface area contributed by atoms with Crippen molar-refractivity contribution in [2.75, 3.05) is 0 Å². The lowest BCUT2D eigenvalue weighted by Crippen LogP contribution is -2.02. The fourth-order valence-corrected chi connectivity index (χ4v) is 8.94. The molecule has 0 spiro atoms. The van der Waals surface area contributed by atoms with Crippen LogP contribution in [-0.2, 0) is 6.42 Å². The first-order valence-electron chi connectivity index (χ1n) is 18.1. The second kappa shape index (κ2) is 11.4. The fraction of sp³-hybridized carbons (Fsp3) is 0.0196. The Morgan fingerprint density at radius 2 is 0.904 bits per heavy atom.